The molecule has 1 unspecified atom stereocenters. The molecular weight excluding hydrogens is 194 g/mol. The molecule has 0 spiro atoms. The third-order valence-electron chi connectivity index (χ3n) is 1.63. The van der Waals surface area contributed by atoms with Crippen LogP contribution in [0.25, 0.3) is 0 Å². The van der Waals surface area contributed by atoms with Crippen molar-refractivity contribution in [2.24, 2.45) is 0 Å². The van der Waals surface area contributed by atoms with Gasteiger partial charge in [-0.15, -0.1) is 0 Å². The molecular formula is C7H9NO4S. The van der Waals surface area contributed by atoms with Crippen LogP contribution in [0.2, 0.25) is 0 Å². The van der Waals surface area contributed by atoms with Gasteiger partial charge < -0.3 is 14.2 Å². The Balaban J connectivity index is 3.19. The predicted molar refractivity (Wildman–Crippen MR) is 46.1 cm³/mol. The van der Waals surface area contributed by atoms with Gasteiger partial charge in [-0.1, -0.05) is 0 Å². The first-order valence-corrected chi connectivity index (χ1v) is 4.71. The van der Waals surface area contributed by atoms with Crippen molar-refractivity contribution in [3.05, 3.63) is 18.0 Å². The summed E-state index contributed by atoms with van der Waals surface area (Å²) < 4.78 is 20.7. The molecule has 0 bridgehead atoms. The highest BCUT2D eigenvalue weighted by Gasteiger charge is 2.13. The number of nitrogens with zero attached hydrogens (tertiary/aromatic N) is 1. The Bertz CT molecular complexity index is 357. The zero-order valence-corrected chi connectivity index (χ0v) is 7.74. The zero-order valence-electron chi connectivity index (χ0n) is 6.93. The van der Waals surface area contributed by atoms with Crippen LogP contribution in [0, 0.1) is 0 Å². The van der Waals surface area contributed by atoms with E-state index in [1.54, 1.807) is 6.92 Å². The van der Waals surface area contributed by atoms with E-state index in [2.05, 4.69) is 0 Å². The fourth-order valence-corrected chi connectivity index (χ4v) is 1.45. The lowest BCUT2D eigenvalue weighted by molar-refractivity contribution is 0.0685. The monoisotopic (exact) mass is 203 g/mol. The number of carboxylic acid groups (broad SMARTS) is 1. The van der Waals surface area contributed by atoms with Gasteiger partial charge in [0.05, 0.1) is 4.90 Å². The van der Waals surface area contributed by atoms with Crippen LogP contribution in [0.15, 0.2) is 17.2 Å². The second-order valence-corrected chi connectivity index (χ2v) is 3.37. The molecule has 0 saturated carbocycles. The molecule has 2 N–H and O–H groups in total. The normalized spacial score (nSPS) is 12.8. The van der Waals surface area contributed by atoms with Crippen molar-refractivity contribution >= 4 is 17.0 Å². The Labute approximate surface area is 77.3 Å². The Morgan fingerprint density at radius 3 is 2.62 bits per heavy atom. The lowest BCUT2D eigenvalue weighted by Gasteiger charge is -1.98. The standard InChI is InChI=1S/C7H9NO4S/c1-2-8-4-5(13(11)12)3-6(8)7(9)10/h3-4H,2H2,1H3,(H,9,10)(H,11,12). The third-order valence-corrected chi connectivity index (χ3v) is 2.26. The van der Waals surface area contributed by atoms with Crippen molar-refractivity contribution in [1.82, 2.24) is 4.57 Å². The minimum Gasteiger partial charge on any atom is -0.477 e. The maximum atomic E-state index is 10.6. The van der Waals surface area contributed by atoms with Crippen LogP contribution < -0.4 is 0 Å². The number of hydrogen-bond donors (Lipinski definition) is 2. The molecule has 0 radical (unpaired) electrons. The van der Waals surface area contributed by atoms with Crippen LogP contribution in [-0.4, -0.2) is 24.4 Å². The summed E-state index contributed by atoms with van der Waals surface area (Å²) in [5.41, 5.74) is 0.0277. The topological polar surface area (TPSA) is 79.5 Å². The molecule has 13 heavy (non-hydrogen) atoms. The van der Waals surface area contributed by atoms with Gasteiger partial charge >= 0.3 is 5.97 Å². The van der Waals surface area contributed by atoms with Crippen molar-refractivity contribution < 1.29 is 18.7 Å². The smallest absolute Gasteiger partial charge is 0.352 e. The second-order valence-electron chi connectivity index (χ2n) is 2.40. The fraction of sp³-hybridized carbons (Fsp3) is 0.286. The largest absolute Gasteiger partial charge is 0.477 e. The first-order chi connectivity index (χ1) is 6.06. The molecule has 1 atom stereocenters. The van der Waals surface area contributed by atoms with Gasteiger partial charge in [-0.05, 0) is 13.0 Å². The lowest BCUT2D eigenvalue weighted by atomic mass is 10.4. The molecule has 1 heterocycles. The van der Waals surface area contributed by atoms with Crippen LogP contribution in [0.3, 0.4) is 0 Å². The van der Waals surface area contributed by atoms with Gasteiger partial charge in [0.25, 0.3) is 0 Å². The van der Waals surface area contributed by atoms with E-state index in [-0.39, 0.29) is 10.6 Å². The summed E-state index contributed by atoms with van der Waals surface area (Å²) in [5, 5.41) is 8.69. The first kappa shape index (κ1) is 9.94. The van der Waals surface area contributed by atoms with E-state index >= 15 is 0 Å². The number of rotatable bonds is 3. The molecule has 0 aliphatic heterocycles. The number of hydrogen-bond acceptors (Lipinski definition) is 2. The number of aromatic nitrogens is 1. The van der Waals surface area contributed by atoms with Gasteiger partial charge in [-0.25, -0.2) is 9.00 Å². The summed E-state index contributed by atoms with van der Waals surface area (Å²) in [7, 11) is 0. The molecule has 0 aromatic carbocycles. The van der Waals surface area contributed by atoms with E-state index in [1.807, 2.05) is 0 Å². The maximum absolute atomic E-state index is 10.6. The molecule has 0 aliphatic carbocycles. The molecule has 0 saturated heterocycles. The average Bonchev–Trinajstić information content (AvgIpc) is 2.47. The van der Waals surface area contributed by atoms with Crippen LogP contribution >= 0.6 is 0 Å². The van der Waals surface area contributed by atoms with E-state index in [1.165, 1.54) is 16.8 Å². The van der Waals surface area contributed by atoms with Crippen molar-refractivity contribution in [1.29, 1.82) is 0 Å². The minimum atomic E-state index is -2.12. The molecule has 0 aliphatic rings. The molecule has 1 aromatic rings. The maximum Gasteiger partial charge on any atom is 0.352 e. The van der Waals surface area contributed by atoms with Gasteiger partial charge in [-0.3, -0.25) is 0 Å². The van der Waals surface area contributed by atoms with E-state index in [4.69, 9.17) is 9.66 Å². The second kappa shape index (κ2) is 3.71. The summed E-state index contributed by atoms with van der Waals surface area (Å²) in [6.07, 6.45) is 1.36. The van der Waals surface area contributed by atoms with E-state index in [0.717, 1.165) is 0 Å². The quantitative estimate of drug-likeness (QED) is 0.712. The average molecular weight is 203 g/mol. The molecule has 5 nitrogen and oxygen atoms in total. The molecule has 1 rings (SSSR count). The summed E-state index contributed by atoms with van der Waals surface area (Å²) in [5.74, 6) is -1.10. The number of aryl methyl sites for hydroxylation is 1. The Hall–Kier alpha value is -1.14. The summed E-state index contributed by atoms with van der Waals surface area (Å²) in [6.45, 7) is 2.22. The molecule has 1 aromatic heterocycles. The fourth-order valence-electron chi connectivity index (χ4n) is 1.02. The molecule has 72 valence electrons. The van der Waals surface area contributed by atoms with E-state index < -0.39 is 17.0 Å². The number of aromatic carboxylic acids is 1. The zero-order chi connectivity index (χ0) is 10.0. The molecule has 6 heteroatoms. The van der Waals surface area contributed by atoms with Gasteiger partial charge in [-0.2, -0.15) is 0 Å². The van der Waals surface area contributed by atoms with E-state index in [0.29, 0.717) is 6.54 Å². The van der Waals surface area contributed by atoms with Crippen LogP contribution in [0.5, 0.6) is 0 Å². The summed E-state index contributed by atoms with van der Waals surface area (Å²) >= 11 is -2.12. The highest BCUT2D eigenvalue weighted by atomic mass is 32.2. The Morgan fingerprint density at radius 2 is 2.31 bits per heavy atom. The molecule has 0 amide bonds. The van der Waals surface area contributed by atoms with Crippen LogP contribution in [0.1, 0.15) is 17.4 Å². The highest BCUT2D eigenvalue weighted by Crippen LogP contribution is 2.11. The number of carbonyl (C=O) groups is 1. The summed E-state index contributed by atoms with van der Waals surface area (Å²) in [4.78, 5) is 10.7. The van der Waals surface area contributed by atoms with Crippen LogP contribution in [-0.2, 0) is 17.6 Å². The first-order valence-electron chi connectivity index (χ1n) is 3.60. The minimum absolute atomic E-state index is 0.0277. The molecule has 0 fully saturated rings. The summed E-state index contributed by atoms with van der Waals surface area (Å²) in [6, 6.07) is 1.20. The van der Waals surface area contributed by atoms with Crippen molar-refractivity contribution in [3.8, 4) is 0 Å². The lowest BCUT2D eigenvalue weighted by Crippen LogP contribution is -2.05. The van der Waals surface area contributed by atoms with Crippen molar-refractivity contribution in [2.75, 3.05) is 0 Å². The third kappa shape index (κ3) is 1.96. The van der Waals surface area contributed by atoms with Crippen molar-refractivity contribution in [3.63, 3.8) is 0 Å². The highest BCUT2D eigenvalue weighted by molar-refractivity contribution is 7.79. The van der Waals surface area contributed by atoms with Gasteiger partial charge in [0.15, 0.2) is 11.1 Å². The van der Waals surface area contributed by atoms with Crippen LogP contribution in [0.4, 0.5) is 0 Å². The Kier molecular flexibility index (Phi) is 2.84. The van der Waals surface area contributed by atoms with Gasteiger partial charge in [0.2, 0.25) is 0 Å². The predicted octanol–water partition coefficient (Wildman–Crippen LogP) is 0.787. The number of carboxylic acids is 1. The van der Waals surface area contributed by atoms with Crippen molar-refractivity contribution in [2.45, 2.75) is 18.4 Å². The SMILES string of the molecule is CCn1cc(S(=O)O)cc1C(=O)O. The Morgan fingerprint density at radius 1 is 1.69 bits per heavy atom. The van der Waals surface area contributed by atoms with E-state index in [9.17, 15) is 9.00 Å². The van der Waals surface area contributed by atoms with Gasteiger partial charge in [0, 0.05) is 12.7 Å². The van der Waals surface area contributed by atoms with Gasteiger partial charge in [0.1, 0.15) is 5.69 Å².